The lowest BCUT2D eigenvalue weighted by Crippen LogP contribution is -2.70. The smallest absolute Gasteiger partial charge is 0.353 e. The molecule has 2 heterocycles. The number of rotatable bonds is 4. The molecule has 30 heavy (non-hydrogen) atoms. The van der Waals surface area contributed by atoms with Crippen LogP contribution in [-0.2, 0) is 19.2 Å². The average Bonchev–Trinajstić information content (AvgIpc) is 2.71. The second-order valence-corrected chi connectivity index (χ2v) is 8.32. The van der Waals surface area contributed by atoms with Crippen LogP contribution in [0.4, 0.5) is 0 Å². The summed E-state index contributed by atoms with van der Waals surface area (Å²) in [6.07, 6.45) is 0. The molecule has 2 aliphatic heterocycles. The van der Waals surface area contributed by atoms with Crippen LogP contribution < -0.4 is 11.1 Å². The normalized spacial score (nSPS) is 20.8. The predicted octanol–water partition coefficient (Wildman–Crippen LogP) is 0.716. The first-order valence-corrected chi connectivity index (χ1v) is 10.3. The number of nitrogens with two attached hydrogens (primary N) is 1. The zero-order valence-corrected chi connectivity index (χ0v) is 18.2. The number of carbonyl (C=O) groups is 4. The molecule has 0 aromatic heterocycles. The Kier molecular flexibility index (Phi) is 7.88. The first kappa shape index (κ1) is 23.7. The van der Waals surface area contributed by atoms with Crippen molar-refractivity contribution in [2.45, 2.75) is 24.4 Å². The molecule has 3 amide bonds. The highest BCUT2D eigenvalue weighted by Crippen LogP contribution is 2.41. The van der Waals surface area contributed by atoms with Crippen molar-refractivity contribution in [3.05, 3.63) is 46.6 Å². The molecule has 162 valence electrons. The number of fused-ring (bicyclic) bond motifs is 1. The van der Waals surface area contributed by atoms with Gasteiger partial charge in [-0.15, -0.1) is 11.8 Å². The number of carbonyl (C=O) groups excluding carboxylic acids is 3. The number of β-lactam (4-membered cyclic amide) rings is 1. The van der Waals surface area contributed by atoms with Gasteiger partial charge in [0.15, 0.2) is 0 Å². The molecular weight excluding hydrogens is 432 g/mol. The lowest BCUT2D eigenvalue weighted by Gasteiger charge is -2.48. The number of nitrogens with one attached hydrogen (secondary N) is 1. The highest BCUT2D eigenvalue weighted by Gasteiger charge is 2.54. The van der Waals surface area contributed by atoms with Gasteiger partial charge in [0.2, 0.25) is 11.8 Å². The van der Waals surface area contributed by atoms with Crippen molar-refractivity contribution in [3.63, 3.8) is 0 Å². The van der Waals surface area contributed by atoms with Gasteiger partial charge in [-0.2, -0.15) is 0 Å². The second-order valence-electron chi connectivity index (χ2n) is 6.76. The van der Waals surface area contributed by atoms with Crippen molar-refractivity contribution in [1.82, 2.24) is 15.1 Å². The Balaban J connectivity index is 0.000000469. The van der Waals surface area contributed by atoms with E-state index in [1.807, 2.05) is 6.07 Å². The van der Waals surface area contributed by atoms with Crippen LogP contribution in [0.15, 0.2) is 41.1 Å². The Labute approximate surface area is 183 Å². The fourth-order valence-corrected chi connectivity index (χ4v) is 4.19. The lowest BCUT2D eigenvalue weighted by molar-refractivity contribution is -0.150. The maximum atomic E-state index is 12.3. The summed E-state index contributed by atoms with van der Waals surface area (Å²) in [5, 5.41) is 11.4. The summed E-state index contributed by atoms with van der Waals surface area (Å²) in [6, 6.07) is 7.07. The van der Waals surface area contributed by atoms with E-state index in [-0.39, 0.29) is 22.4 Å². The fraction of sp³-hybridized carbons (Fsp3) is 0.368. The summed E-state index contributed by atoms with van der Waals surface area (Å²) >= 11 is 7.20. The Morgan fingerprint density at radius 3 is 2.37 bits per heavy atom. The molecule has 3 atom stereocenters. The summed E-state index contributed by atoms with van der Waals surface area (Å²) in [4.78, 5) is 48.5. The van der Waals surface area contributed by atoms with E-state index in [9.17, 15) is 24.3 Å². The molecule has 1 fully saturated rings. The number of benzene rings is 1. The van der Waals surface area contributed by atoms with Gasteiger partial charge in [0.05, 0.1) is 5.03 Å². The van der Waals surface area contributed by atoms with Crippen LogP contribution in [0.25, 0.3) is 0 Å². The second kappa shape index (κ2) is 9.96. The quantitative estimate of drug-likeness (QED) is 0.570. The van der Waals surface area contributed by atoms with Crippen LogP contribution in [0.1, 0.15) is 18.5 Å². The topological polar surface area (TPSA) is 133 Å². The van der Waals surface area contributed by atoms with Crippen molar-refractivity contribution in [3.8, 4) is 0 Å². The van der Waals surface area contributed by atoms with Crippen molar-refractivity contribution < 1.29 is 24.3 Å². The van der Waals surface area contributed by atoms with Gasteiger partial charge in [0.25, 0.3) is 5.91 Å². The number of hydrogen-bond donors (Lipinski definition) is 3. The summed E-state index contributed by atoms with van der Waals surface area (Å²) < 4.78 is 0. The van der Waals surface area contributed by atoms with E-state index in [2.05, 4.69) is 5.32 Å². The van der Waals surface area contributed by atoms with E-state index in [1.54, 1.807) is 38.4 Å². The number of carboxylic acids is 1. The third-order valence-corrected chi connectivity index (χ3v) is 6.24. The number of hydrogen-bond acceptors (Lipinski definition) is 6. The van der Waals surface area contributed by atoms with Gasteiger partial charge in [-0.3, -0.25) is 19.3 Å². The van der Waals surface area contributed by atoms with E-state index in [0.29, 0.717) is 5.56 Å². The van der Waals surface area contributed by atoms with Crippen molar-refractivity contribution in [2.24, 2.45) is 5.73 Å². The molecule has 0 bridgehead atoms. The van der Waals surface area contributed by atoms with E-state index in [4.69, 9.17) is 17.3 Å². The molecule has 0 radical (unpaired) electrons. The predicted molar refractivity (Wildman–Crippen MR) is 113 cm³/mol. The molecule has 2 aliphatic rings. The Bertz CT molecular complexity index is 877. The van der Waals surface area contributed by atoms with Gasteiger partial charge in [-0.25, -0.2) is 4.79 Å². The monoisotopic (exact) mass is 454 g/mol. The average molecular weight is 455 g/mol. The highest BCUT2D eigenvalue weighted by atomic mass is 35.5. The third kappa shape index (κ3) is 5.13. The van der Waals surface area contributed by atoms with Crippen LogP contribution >= 0.6 is 23.4 Å². The van der Waals surface area contributed by atoms with Crippen molar-refractivity contribution >= 4 is 47.1 Å². The molecule has 3 rings (SSSR count). The summed E-state index contributed by atoms with van der Waals surface area (Å²) in [6.45, 7) is 1.53. The summed E-state index contributed by atoms with van der Waals surface area (Å²) in [5.74, 6) is -1.89. The van der Waals surface area contributed by atoms with Crippen LogP contribution in [0.3, 0.4) is 0 Å². The molecule has 11 heteroatoms. The molecule has 0 saturated carbocycles. The van der Waals surface area contributed by atoms with E-state index < -0.39 is 35.2 Å². The molecular formula is C19H23ClN4O5S. The number of carboxylic acid groups (broad SMARTS) is 1. The molecule has 1 aromatic carbocycles. The minimum absolute atomic E-state index is 0.0926. The molecule has 1 aromatic rings. The van der Waals surface area contributed by atoms with Gasteiger partial charge in [0.1, 0.15) is 23.2 Å². The largest absolute Gasteiger partial charge is 0.477 e. The maximum Gasteiger partial charge on any atom is 0.353 e. The molecule has 0 spiro atoms. The standard InChI is InChI=1S/C15H14ClN3O4S.C4H9NO/c16-8-6-24-14-10(13(21)19(14)11(8)15(22)23)18-12(20)9(17)7-4-2-1-3-5-7;1-4(6)5(2)3/h1-5,9-10,14H,6,17H2,(H,18,20)(H,22,23);1-3H3/t9?,10-,14-;/m1./s1. The third-order valence-electron chi connectivity index (χ3n) is 4.49. The van der Waals surface area contributed by atoms with Gasteiger partial charge >= 0.3 is 5.97 Å². The lowest BCUT2D eigenvalue weighted by atomic mass is 10.0. The van der Waals surface area contributed by atoms with Crippen LogP contribution in [0.2, 0.25) is 0 Å². The van der Waals surface area contributed by atoms with Gasteiger partial charge < -0.3 is 21.1 Å². The number of halogens is 1. The van der Waals surface area contributed by atoms with Gasteiger partial charge in [-0.1, -0.05) is 41.9 Å². The van der Waals surface area contributed by atoms with E-state index in [0.717, 1.165) is 4.90 Å². The number of nitrogens with zero attached hydrogens (tertiary/aromatic N) is 2. The molecule has 1 saturated heterocycles. The van der Waals surface area contributed by atoms with Crippen LogP contribution in [-0.4, -0.2) is 69.9 Å². The first-order valence-electron chi connectivity index (χ1n) is 8.91. The molecule has 4 N–H and O–H groups in total. The zero-order chi connectivity index (χ0) is 22.6. The van der Waals surface area contributed by atoms with E-state index in [1.165, 1.54) is 23.6 Å². The maximum absolute atomic E-state index is 12.3. The molecule has 9 nitrogen and oxygen atoms in total. The number of amides is 3. The van der Waals surface area contributed by atoms with Crippen molar-refractivity contribution in [2.75, 3.05) is 19.8 Å². The SMILES string of the molecule is CC(=O)N(C)C.NC(C(=O)N[C@@H]1C(=O)N2C(C(=O)O)=C(Cl)CS[C@H]12)c1ccccc1. The number of thioether (sulfide) groups is 1. The minimum Gasteiger partial charge on any atom is -0.477 e. The van der Waals surface area contributed by atoms with Crippen LogP contribution in [0, 0.1) is 0 Å². The number of aliphatic carboxylic acids is 1. The van der Waals surface area contributed by atoms with Gasteiger partial charge in [-0.05, 0) is 5.56 Å². The highest BCUT2D eigenvalue weighted by molar-refractivity contribution is 8.00. The Hall–Kier alpha value is -2.56. The Morgan fingerprint density at radius 2 is 1.87 bits per heavy atom. The molecule has 1 unspecified atom stereocenters. The van der Waals surface area contributed by atoms with Crippen molar-refractivity contribution in [1.29, 1.82) is 0 Å². The molecule has 0 aliphatic carbocycles. The Morgan fingerprint density at radius 1 is 1.30 bits per heavy atom. The minimum atomic E-state index is -1.26. The summed E-state index contributed by atoms with van der Waals surface area (Å²) in [5.41, 5.74) is 6.32. The first-order chi connectivity index (χ1) is 14.1. The fourth-order valence-electron chi connectivity index (χ4n) is 2.64. The van der Waals surface area contributed by atoms with Crippen LogP contribution in [0.5, 0.6) is 0 Å². The summed E-state index contributed by atoms with van der Waals surface area (Å²) in [7, 11) is 3.45. The van der Waals surface area contributed by atoms with E-state index >= 15 is 0 Å². The zero-order valence-electron chi connectivity index (χ0n) is 16.7. The van der Waals surface area contributed by atoms with Gasteiger partial charge in [0, 0.05) is 26.8 Å².